The second-order valence-corrected chi connectivity index (χ2v) is 8.36. The molecule has 0 radical (unpaired) electrons. The summed E-state index contributed by atoms with van der Waals surface area (Å²) in [5.74, 6) is 1.41. The highest BCUT2D eigenvalue weighted by molar-refractivity contribution is 5.88. The third-order valence-electron chi connectivity index (χ3n) is 5.43. The Morgan fingerprint density at radius 2 is 2.23 bits per heavy atom. The predicted molar refractivity (Wildman–Crippen MR) is 112 cm³/mol. The number of imidazole rings is 1. The summed E-state index contributed by atoms with van der Waals surface area (Å²) in [6.45, 7) is 7.81. The van der Waals surface area contributed by atoms with Crippen molar-refractivity contribution in [2.75, 3.05) is 18.9 Å². The van der Waals surface area contributed by atoms with Crippen molar-refractivity contribution in [3.8, 4) is 17.3 Å². The molecule has 0 amide bonds. The number of aliphatic hydroxyl groups is 1. The SMILES string of the molecule is CCn1c(-c2nonc2N)nc2c(CCC(C)(C)O)ncc(OC[C@@H]3CCCN3)c21. The Morgan fingerprint density at radius 1 is 1.40 bits per heavy atom. The number of aryl methyl sites for hydroxylation is 2. The lowest BCUT2D eigenvalue weighted by atomic mass is 10.0. The van der Waals surface area contributed by atoms with E-state index in [4.69, 9.17) is 20.1 Å². The number of hydrogen-bond acceptors (Lipinski definition) is 9. The van der Waals surface area contributed by atoms with Crippen molar-refractivity contribution < 1.29 is 14.5 Å². The average Bonchev–Trinajstić information content (AvgIpc) is 3.43. The number of hydrogen-bond donors (Lipinski definition) is 3. The molecule has 0 aromatic carbocycles. The van der Waals surface area contributed by atoms with Gasteiger partial charge >= 0.3 is 0 Å². The number of ether oxygens (including phenoxy) is 1. The minimum atomic E-state index is -0.798. The van der Waals surface area contributed by atoms with Crippen LogP contribution in [0.15, 0.2) is 10.8 Å². The van der Waals surface area contributed by atoms with Crippen molar-refractivity contribution in [3.63, 3.8) is 0 Å². The van der Waals surface area contributed by atoms with Crippen LogP contribution in [0.4, 0.5) is 5.82 Å². The summed E-state index contributed by atoms with van der Waals surface area (Å²) in [5, 5.41) is 21.2. The van der Waals surface area contributed by atoms with Gasteiger partial charge in [-0.1, -0.05) is 0 Å². The minimum absolute atomic E-state index is 0.184. The molecule has 3 aromatic rings. The van der Waals surface area contributed by atoms with Gasteiger partial charge in [-0.3, -0.25) is 4.98 Å². The Hall–Kier alpha value is -2.72. The van der Waals surface area contributed by atoms with Crippen LogP contribution >= 0.6 is 0 Å². The van der Waals surface area contributed by atoms with Crippen LogP contribution in [0.3, 0.4) is 0 Å². The van der Waals surface area contributed by atoms with Crippen LogP contribution in [0.2, 0.25) is 0 Å². The molecule has 10 heteroatoms. The first kappa shape index (κ1) is 20.5. The molecule has 4 heterocycles. The molecule has 30 heavy (non-hydrogen) atoms. The second-order valence-electron chi connectivity index (χ2n) is 8.36. The predicted octanol–water partition coefficient (Wildman–Crippen LogP) is 1.92. The van der Waals surface area contributed by atoms with Gasteiger partial charge in [0.15, 0.2) is 23.1 Å². The minimum Gasteiger partial charge on any atom is -0.488 e. The van der Waals surface area contributed by atoms with E-state index >= 15 is 0 Å². The molecule has 1 aliphatic heterocycles. The third kappa shape index (κ3) is 4.10. The van der Waals surface area contributed by atoms with Crippen molar-refractivity contribution in [3.05, 3.63) is 11.9 Å². The maximum Gasteiger partial charge on any atom is 0.199 e. The summed E-state index contributed by atoms with van der Waals surface area (Å²) >= 11 is 0. The van der Waals surface area contributed by atoms with Gasteiger partial charge in [0.1, 0.15) is 17.6 Å². The van der Waals surface area contributed by atoms with E-state index in [0.717, 1.165) is 36.1 Å². The van der Waals surface area contributed by atoms with Gasteiger partial charge in [0.05, 0.1) is 17.5 Å². The first-order valence-corrected chi connectivity index (χ1v) is 10.4. The Labute approximate surface area is 174 Å². The summed E-state index contributed by atoms with van der Waals surface area (Å²) in [4.78, 5) is 9.43. The van der Waals surface area contributed by atoms with Crippen LogP contribution in [0.5, 0.6) is 5.75 Å². The number of nitrogens with zero attached hydrogens (tertiary/aromatic N) is 5. The fourth-order valence-electron chi connectivity index (χ4n) is 3.80. The van der Waals surface area contributed by atoms with E-state index in [2.05, 4.69) is 20.6 Å². The van der Waals surface area contributed by atoms with E-state index in [9.17, 15) is 5.11 Å². The van der Waals surface area contributed by atoms with Gasteiger partial charge in [-0.2, -0.15) is 0 Å². The fourth-order valence-corrected chi connectivity index (χ4v) is 3.80. The van der Waals surface area contributed by atoms with E-state index in [1.54, 1.807) is 20.0 Å². The van der Waals surface area contributed by atoms with E-state index < -0.39 is 5.60 Å². The zero-order valence-electron chi connectivity index (χ0n) is 17.7. The number of anilines is 1. The molecule has 10 nitrogen and oxygen atoms in total. The molecular formula is C20H29N7O3. The Bertz CT molecular complexity index is 1020. The van der Waals surface area contributed by atoms with Gasteiger partial charge in [-0.15, -0.1) is 0 Å². The first-order chi connectivity index (χ1) is 14.4. The number of rotatable bonds is 8. The molecular weight excluding hydrogens is 386 g/mol. The van der Waals surface area contributed by atoms with E-state index in [-0.39, 0.29) is 5.82 Å². The summed E-state index contributed by atoms with van der Waals surface area (Å²) in [6, 6.07) is 0.336. The van der Waals surface area contributed by atoms with Crippen molar-refractivity contribution in [2.45, 2.75) is 64.6 Å². The zero-order valence-corrected chi connectivity index (χ0v) is 17.7. The van der Waals surface area contributed by atoms with Crippen LogP contribution in [0.1, 0.15) is 45.7 Å². The highest BCUT2D eigenvalue weighted by atomic mass is 16.6. The molecule has 162 valence electrons. The summed E-state index contributed by atoms with van der Waals surface area (Å²) in [6.07, 6.45) is 5.15. The Kier molecular flexibility index (Phi) is 5.61. The Morgan fingerprint density at radius 3 is 2.87 bits per heavy atom. The molecule has 3 aromatic heterocycles. The quantitative estimate of drug-likeness (QED) is 0.504. The molecule has 4 N–H and O–H groups in total. The molecule has 1 saturated heterocycles. The molecule has 1 aliphatic rings. The molecule has 1 atom stereocenters. The molecule has 1 fully saturated rings. The van der Waals surface area contributed by atoms with Crippen LogP contribution in [0, 0.1) is 0 Å². The number of aromatic nitrogens is 5. The lowest BCUT2D eigenvalue weighted by Gasteiger charge is -2.17. The number of pyridine rings is 1. The second kappa shape index (κ2) is 8.19. The van der Waals surface area contributed by atoms with Crippen LogP contribution in [-0.2, 0) is 13.0 Å². The summed E-state index contributed by atoms with van der Waals surface area (Å²) in [7, 11) is 0. The van der Waals surface area contributed by atoms with E-state index in [1.807, 2.05) is 11.5 Å². The highest BCUT2D eigenvalue weighted by Gasteiger charge is 2.25. The Balaban J connectivity index is 1.79. The monoisotopic (exact) mass is 415 g/mol. The maximum atomic E-state index is 10.2. The normalized spacial score (nSPS) is 17.1. The smallest absolute Gasteiger partial charge is 0.199 e. The number of nitrogen functional groups attached to an aromatic ring is 1. The van der Waals surface area contributed by atoms with Crippen molar-refractivity contribution >= 4 is 16.9 Å². The average molecular weight is 415 g/mol. The van der Waals surface area contributed by atoms with Crippen LogP contribution in [0.25, 0.3) is 22.6 Å². The highest BCUT2D eigenvalue weighted by Crippen LogP contribution is 2.34. The van der Waals surface area contributed by atoms with Gasteiger partial charge in [-0.05, 0) is 63.3 Å². The topological polar surface area (TPSA) is 137 Å². The molecule has 0 bridgehead atoms. The van der Waals surface area contributed by atoms with Crippen LogP contribution in [-0.4, -0.2) is 54.7 Å². The van der Waals surface area contributed by atoms with Crippen LogP contribution < -0.4 is 15.8 Å². The lowest BCUT2D eigenvalue weighted by Crippen LogP contribution is -2.28. The van der Waals surface area contributed by atoms with Crippen molar-refractivity contribution in [1.82, 2.24) is 30.2 Å². The van der Waals surface area contributed by atoms with Gasteiger partial charge in [0.2, 0.25) is 0 Å². The first-order valence-electron chi connectivity index (χ1n) is 10.4. The van der Waals surface area contributed by atoms with Crippen molar-refractivity contribution in [1.29, 1.82) is 0 Å². The van der Waals surface area contributed by atoms with E-state index in [1.165, 1.54) is 0 Å². The van der Waals surface area contributed by atoms with E-state index in [0.29, 0.717) is 49.3 Å². The maximum absolute atomic E-state index is 10.2. The number of fused-ring (bicyclic) bond motifs is 1. The zero-order chi connectivity index (χ0) is 21.3. The summed E-state index contributed by atoms with van der Waals surface area (Å²) < 4.78 is 13.0. The van der Waals surface area contributed by atoms with Gasteiger partial charge in [0, 0.05) is 12.6 Å². The molecule has 0 aliphatic carbocycles. The molecule has 0 spiro atoms. The molecule has 0 unspecified atom stereocenters. The molecule has 0 saturated carbocycles. The van der Waals surface area contributed by atoms with Gasteiger partial charge in [0.25, 0.3) is 0 Å². The van der Waals surface area contributed by atoms with Crippen molar-refractivity contribution in [2.24, 2.45) is 0 Å². The summed E-state index contributed by atoms with van der Waals surface area (Å²) in [5.41, 5.74) is 7.89. The number of nitrogens with one attached hydrogen (secondary N) is 1. The van der Waals surface area contributed by atoms with Gasteiger partial charge in [-0.25, -0.2) is 9.61 Å². The lowest BCUT2D eigenvalue weighted by molar-refractivity contribution is 0.0712. The largest absolute Gasteiger partial charge is 0.488 e. The number of nitrogens with two attached hydrogens (primary N) is 1. The molecule has 4 rings (SSSR count). The van der Waals surface area contributed by atoms with Gasteiger partial charge < -0.3 is 25.5 Å². The standard InChI is InChI=1S/C20H29N7O3/c1-4-27-17-14(29-11-12-6-5-9-22-12)10-23-13(7-8-20(2,3)28)15(17)24-19(27)16-18(21)26-30-25-16/h10,12,22,28H,4-9,11H2,1-3H3,(H2,21,26)/t12-/m0/s1. The third-order valence-corrected chi connectivity index (χ3v) is 5.43. The fraction of sp³-hybridized carbons (Fsp3) is 0.600.